The average Bonchev–Trinajstić information content (AvgIpc) is 2.41. The van der Waals surface area contributed by atoms with Gasteiger partial charge in [-0.05, 0) is 24.6 Å². The van der Waals surface area contributed by atoms with Crippen LogP contribution in [0.2, 0.25) is 0 Å². The predicted octanol–water partition coefficient (Wildman–Crippen LogP) is 3.83. The Bertz CT molecular complexity index is 659. The van der Waals surface area contributed by atoms with Crippen LogP contribution in [0.25, 0.3) is 0 Å². The Balaban J connectivity index is 2.21. The minimum absolute atomic E-state index is 0.0999. The summed E-state index contributed by atoms with van der Waals surface area (Å²) in [6.07, 6.45) is 0. The van der Waals surface area contributed by atoms with Crippen LogP contribution in [0.3, 0.4) is 0 Å². The summed E-state index contributed by atoms with van der Waals surface area (Å²) in [5, 5.41) is 10.8. The maximum Gasteiger partial charge on any atom is 0.292 e. The molecule has 0 heterocycles. The normalized spacial score (nSPS) is 10.3. The van der Waals surface area contributed by atoms with E-state index in [-0.39, 0.29) is 18.0 Å². The van der Waals surface area contributed by atoms with Crippen molar-refractivity contribution in [3.05, 3.63) is 62.1 Å². The van der Waals surface area contributed by atoms with Crippen LogP contribution >= 0.6 is 15.9 Å². The van der Waals surface area contributed by atoms with Crippen LogP contribution in [0.1, 0.15) is 11.1 Å². The number of nitrogens with zero attached hydrogens (tertiary/aromatic N) is 1. The van der Waals surface area contributed by atoms with E-state index in [4.69, 9.17) is 10.5 Å². The fourth-order valence-corrected chi connectivity index (χ4v) is 2.11. The number of ether oxygens (including phenoxy) is 1. The zero-order valence-corrected chi connectivity index (χ0v) is 12.4. The summed E-state index contributed by atoms with van der Waals surface area (Å²) >= 11 is 3.37. The molecule has 0 amide bonds. The molecule has 0 spiro atoms. The maximum absolute atomic E-state index is 10.8. The van der Waals surface area contributed by atoms with Crippen molar-refractivity contribution in [1.29, 1.82) is 0 Å². The molecular formula is C14H13BrN2O3. The monoisotopic (exact) mass is 336 g/mol. The maximum atomic E-state index is 10.8. The van der Waals surface area contributed by atoms with Crippen molar-refractivity contribution in [3.8, 4) is 5.75 Å². The molecule has 2 N–H and O–H groups in total. The third kappa shape index (κ3) is 3.08. The van der Waals surface area contributed by atoms with Crippen molar-refractivity contribution >= 4 is 27.3 Å². The summed E-state index contributed by atoms with van der Waals surface area (Å²) in [6.45, 7) is 2.11. The van der Waals surface area contributed by atoms with Crippen LogP contribution in [0.5, 0.6) is 5.75 Å². The lowest BCUT2D eigenvalue weighted by molar-refractivity contribution is -0.384. The largest absolute Gasteiger partial charge is 0.489 e. The summed E-state index contributed by atoms with van der Waals surface area (Å²) < 4.78 is 6.59. The van der Waals surface area contributed by atoms with E-state index in [2.05, 4.69) is 15.9 Å². The summed E-state index contributed by atoms with van der Waals surface area (Å²) in [6, 6.07) is 10.4. The number of nitrogen functional groups attached to an aromatic ring is 1. The molecule has 0 unspecified atom stereocenters. The number of nitrogens with two attached hydrogens (primary N) is 1. The minimum atomic E-state index is -0.497. The van der Waals surface area contributed by atoms with Crippen molar-refractivity contribution in [2.45, 2.75) is 13.5 Å². The Morgan fingerprint density at radius 1 is 1.35 bits per heavy atom. The van der Waals surface area contributed by atoms with Gasteiger partial charge in [0.05, 0.1) is 4.92 Å². The van der Waals surface area contributed by atoms with Crippen LogP contribution < -0.4 is 10.5 Å². The highest BCUT2D eigenvalue weighted by Gasteiger charge is 2.14. The van der Waals surface area contributed by atoms with Gasteiger partial charge in [-0.1, -0.05) is 34.1 Å². The molecule has 0 bridgehead atoms. The molecule has 0 saturated heterocycles. The number of anilines is 1. The van der Waals surface area contributed by atoms with E-state index in [0.29, 0.717) is 11.3 Å². The molecule has 6 heteroatoms. The first-order chi connectivity index (χ1) is 9.49. The van der Waals surface area contributed by atoms with Gasteiger partial charge in [-0.15, -0.1) is 0 Å². The van der Waals surface area contributed by atoms with Crippen LogP contribution in [0.15, 0.2) is 40.9 Å². The molecule has 2 aromatic carbocycles. The number of para-hydroxylation sites is 1. The highest BCUT2D eigenvalue weighted by molar-refractivity contribution is 9.10. The molecule has 0 aromatic heterocycles. The Morgan fingerprint density at radius 2 is 2.10 bits per heavy atom. The van der Waals surface area contributed by atoms with Gasteiger partial charge in [0, 0.05) is 16.1 Å². The van der Waals surface area contributed by atoms with Crippen LogP contribution in [0.4, 0.5) is 11.4 Å². The van der Waals surface area contributed by atoms with Crippen molar-refractivity contribution in [2.24, 2.45) is 0 Å². The lowest BCUT2D eigenvalue weighted by Crippen LogP contribution is -2.04. The van der Waals surface area contributed by atoms with E-state index in [9.17, 15) is 10.1 Å². The van der Waals surface area contributed by atoms with Gasteiger partial charge in [-0.3, -0.25) is 10.1 Å². The predicted molar refractivity (Wildman–Crippen MR) is 80.7 cm³/mol. The number of aryl methyl sites for hydroxylation is 1. The SMILES string of the molecule is Cc1ccc(Br)cc1OCc1cccc([N+](=O)[O-])c1N. The second-order valence-electron chi connectivity index (χ2n) is 4.31. The molecule has 0 saturated carbocycles. The molecule has 0 aliphatic carbocycles. The van der Waals surface area contributed by atoms with E-state index in [1.165, 1.54) is 6.07 Å². The van der Waals surface area contributed by atoms with Gasteiger partial charge < -0.3 is 10.5 Å². The Kier molecular flexibility index (Phi) is 4.24. The fraction of sp³-hybridized carbons (Fsp3) is 0.143. The lowest BCUT2D eigenvalue weighted by atomic mass is 10.1. The van der Waals surface area contributed by atoms with Crippen LogP contribution in [-0.4, -0.2) is 4.92 Å². The smallest absolute Gasteiger partial charge is 0.292 e. The van der Waals surface area contributed by atoms with E-state index in [1.807, 2.05) is 25.1 Å². The van der Waals surface area contributed by atoms with Gasteiger partial charge in [0.25, 0.3) is 5.69 Å². The van der Waals surface area contributed by atoms with E-state index in [1.54, 1.807) is 12.1 Å². The van der Waals surface area contributed by atoms with Gasteiger partial charge >= 0.3 is 0 Å². The molecule has 104 valence electrons. The van der Waals surface area contributed by atoms with Crippen LogP contribution in [0, 0.1) is 17.0 Å². The summed E-state index contributed by atoms with van der Waals surface area (Å²) in [5.41, 5.74) is 7.41. The Hall–Kier alpha value is -2.08. The lowest BCUT2D eigenvalue weighted by Gasteiger charge is -2.11. The number of nitro benzene ring substituents is 1. The molecule has 0 aliphatic rings. The summed E-state index contributed by atoms with van der Waals surface area (Å²) in [4.78, 5) is 10.3. The number of hydrogen-bond donors (Lipinski definition) is 1. The number of rotatable bonds is 4. The van der Waals surface area contributed by atoms with E-state index in [0.717, 1.165) is 10.0 Å². The molecule has 0 atom stereocenters. The van der Waals surface area contributed by atoms with Gasteiger partial charge in [0.1, 0.15) is 18.0 Å². The highest BCUT2D eigenvalue weighted by Crippen LogP contribution is 2.28. The molecule has 0 radical (unpaired) electrons. The number of benzene rings is 2. The molecule has 20 heavy (non-hydrogen) atoms. The van der Waals surface area contributed by atoms with Gasteiger partial charge in [0.2, 0.25) is 0 Å². The van der Waals surface area contributed by atoms with Crippen molar-refractivity contribution in [1.82, 2.24) is 0 Å². The standard InChI is InChI=1S/C14H13BrN2O3/c1-9-5-6-11(15)7-13(9)20-8-10-3-2-4-12(14(10)16)17(18)19/h2-7H,8,16H2,1H3. The molecule has 0 fully saturated rings. The number of nitro groups is 1. The first kappa shape index (κ1) is 14.3. The van der Waals surface area contributed by atoms with Gasteiger partial charge in [-0.2, -0.15) is 0 Å². The number of halogens is 1. The molecule has 5 nitrogen and oxygen atoms in total. The zero-order valence-electron chi connectivity index (χ0n) is 10.8. The number of hydrogen-bond acceptors (Lipinski definition) is 4. The second kappa shape index (κ2) is 5.92. The summed E-state index contributed by atoms with van der Waals surface area (Å²) in [5.74, 6) is 0.713. The van der Waals surface area contributed by atoms with E-state index >= 15 is 0 Å². The Labute approximate surface area is 124 Å². The first-order valence-electron chi connectivity index (χ1n) is 5.89. The van der Waals surface area contributed by atoms with Crippen molar-refractivity contribution in [3.63, 3.8) is 0 Å². The quantitative estimate of drug-likeness (QED) is 0.522. The third-order valence-corrected chi connectivity index (χ3v) is 3.40. The van der Waals surface area contributed by atoms with Crippen molar-refractivity contribution in [2.75, 3.05) is 5.73 Å². The molecular weight excluding hydrogens is 324 g/mol. The summed E-state index contributed by atoms with van der Waals surface area (Å²) in [7, 11) is 0. The van der Waals surface area contributed by atoms with Gasteiger partial charge in [0.15, 0.2) is 0 Å². The van der Waals surface area contributed by atoms with Crippen molar-refractivity contribution < 1.29 is 9.66 Å². The molecule has 2 rings (SSSR count). The van der Waals surface area contributed by atoms with E-state index < -0.39 is 4.92 Å². The van der Waals surface area contributed by atoms with Crippen LogP contribution in [-0.2, 0) is 6.61 Å². The minimum Gasteiger partial charge on any atom is -0.489 e. The molecule has 2 aromatic rings. The Morgan fingerprint density at radius 3 is 2.80 bits per heavy atom. The highest BCUT2D eigenvalue weighted by atomic mass is 79.9. The topological polar surface area (TPSA) is 78.4 Å². The fourth-order valence-electron chi connectivity index (χ4n) is 1.77. The third-order valence-electron chi connectivity index (χ3n) is 2.90. The average molecular weight is 337 g/mol. The second-order valence-corrected chi connectivity index (χ2v) is 5.22. The zero-order chi connectivity index (χ0) is 14.7. The first-order valence-corrected chi connectivity index (χ1v) is 6.69. The van der Waals surface area contributed by atoms with Gasteiger partial charge in [-0.25, -0.2) is 0 Å². The molecule has 0 aliphatic heterocycles.